The molecule has 0 heterocycles. The lowest BCUT2D eigenvalue weighted by molar-refractivity contribution is -0.145. The summed E-state index contributed by atoms with van der Waals surface area (Å²) in [5.41, 5.74) is -1.14. The average Bonchev–Trinajstić information content (AvgIpc) is 2.68. The molecular weight excluding hydrogens is 341 g/mol. The molecule has 21 heavy (non-hydrogen) atoms. The Bertz CT molecular complexity index is 554. The number of rotatable bonds is 3. The van der Waals surface area contributed by atoms with E-state index in [2.05, 4.69) is 21.2 Å². The fourth-order valence-electron chi connectivity index (χ4n) is 2.69. The first-order valence-corrected chi connectivity index (χ1v) is 7.75. The fourth-order valence-corrected chi connectivity index (χ4v) is 3.13. The molecule has 6 heteroatoms. The SMILES string of the molecule is O=C(NC1(C(=O)O)CCCCCC1)c1cccc(F)c1Br. The van der Waals surface area contributed by atoms with E-state index >= 15 is 0 Å². The molecule has 0 aliphatic heterocycles. The molecule has 0 spiro atoms. The highest BCUT2D eigenvalue weighted by molar-refractivity contribution is 9.10. The third-order valence-corrected chi connectivity index (χ3v) is 4.72. The second kappa shape index (κ2) is 6.56. The molecule has 4 nitrogen and oxygen atoms in total. The number of carbonyl (C=O) groups is 2. The molecule has 0 atom stereocenters. The molecule has 0 unspecified atom stereocenters. The number of carboxylic acid groups (broad SMARTS) is 1. The van der Waals surface area contributed by atoms with Crippen LogP contribution in [0.2, 0.25) is 0 Å². The van der Waals surface area contributed by atoms with E-state index < -0.39 is 23.2 Å². The minimum Gasteiger partial charge on any atom is -0.480 e. The van der Waals surface area contributed by atoms with Crippen LogP contribution in [0, 0.1) is 5.82 Å². The molecule has 1 aromatic carbocycles. The lowest BCUT2D eigenvalue weighted by Gasteiger charge is -2.29. The predicted molar refractivity (Wildman–Crippen MR) is 79.6 cm³/mol. The largest absolute Gasteiger partial charge is 0.480 e. The third-order valence-electron chi connectivity index (χ3n) is 3.92. The van der Waals surface area contributed by atoms with Gasteiger partial charge in [-0.3, -0.25) is 4.79 Å². The first-order chi connectivity index (χ1) is 9.96. The monoisotopic (exact) mass is 357 g/mol. The summed E-state index contributed by atoms with van der Waals surface area (Å²) in [6.07, 6.45) is 4.26. The molecular formula is C15H17BrFNO3. The number of hydrogen-bond donors (Lipinski definition) is 2. The Morgan fingerprint density at radius 2 is 1.81 bits per heavy atom. The number of carboxylic acids is 1. The lowest BCUT2D eigenvalue weighted by Crippen LogP contribution is -2.54. The van der Waals surface area contributed by atoms with Gasteiger partial charge in [-0.1, -0.05) is 31.7 Å². The Morgan fingerprint density at radius 3 is 2.38 bits per heavy atom. The van der Waals surface area contributed by atoms with Crippen LogP contribution in [-0.4, -0.2) is 22.5 Å². The van der Waals surface area contributed by atoms with Crippen molar-refractivity contribution in [2.24, 2.45) is 0 Å². The zero-order valence-electron chi connectivity index (χ0n) is 11.5. The molecule has 0 aromatic heterocycles. The summed E-state index contributed by atoms with van der Waals surface area (Å²) < 4.78 is 13.5. The molecule has 1 aromatic rings. The van der Waals surface area contributed by atoms with Gasteiger partial charge in [0.05, 0.1) is 10.0 Å². The zero-order chi connectivity index (χ0) is 15.5. The average molecular weight is 358 g/mol. The van der Waals surface area contributed by atoms with Crippen molar-refractivity contribution in [1.82, 2.24) is 5.32 Å². The van der Waals surface area contributed by atoms with Crippen molar-refractivity contribution in [2.75, 3.05) is 0 Å². The van der Waals surface area contributed by atoms with Gasteiger partial charge < -0.3 is 10.4 Å². The summed E-state index contributed by atoms with van der Waals surface area (Å²) in [6.45, 7) is 0. The Labute approximate surface area is 130 Å². The number of carbonyl (C=O) groups excluding carboxylic acids is 1. The van der Waals surface area contributed by atoms with Crippen LogP contribution in [0.3, 0.4) is 0 Å². The smallest absolute Gasteiger partial charge is 0.329 e. The van der Waals surface area contributed by atoms with Crippen LogP contribution in [-0.2, 0) is 4.79 Å². The van der Waals surface area contributed by atoms with Gasteiger partial charge in [0.25, 0.3) is 5.91 Å². The minimum absolute atomic E-state index is 0.0525. The Morgan fingerprint density at radius 1 is 1.19 bits per heavy atom. The van der Waals surface area contributed by atoms with E-state index in [4.69, 9.17) is 0 Å². The molecule has 1 amide bonds. The summed E-state index contributed by atoms with van der Waals surface area (Å²) in [7, 11) is 0. The molecule has 114 valence electrons. The number of nitrogens with one attached hydrogen (secondary N) is 1. The molecule has 1 aliphatic rings. The van der Waals surface area contributed by atoms with Crippen LogP contribution >= 0.6 is 15.9 Å². The standard InChI is InChI=1S/C15H17BrFNO3/c16-12-10(6-5-7-11(12)17)13(19)18-15(14(20)21)8-3-1-2-4-9-15/h5-7H,1-4,8-9H2,(H,18,19)(H,20,21). The normalized spacial score (nSPS) is 17.8. The summed E-state index contributed by atoms with van der Waals surface area (Å²) >= 11 is 3.03. The van der Waals surface area contributed by atoms with E-state index in [1.807, 2.05) is 0 Å². The topological polar surface area (TPSA) is 66.4 Å². The molecule has 0 saturated heterocycles. The van der Waals surface area contributed by atoms with Crippen molar-refractivity contribution < 1.29 is 19.1 Å². The highest BCUT2D eigenvalue weighted by atomic mass is 79.9. The Balaban J connectivity index is 2.26. The second-order valence-corrected chi connectivity index (χ2v) is 6.15. The molecule has 2 N–H and O–H groups in total. The quantitative estimate of drug-likeness (QED) is 0.813. The van der Waals surface area contributed by atoms with Gasteiger partial charge in [-0.05, 0) is 40.9 Å². The van der Waals surface area contributed by atoms with Gasteiger partial charge in [-0.2, -0.15) is 0 Å². The lowest BCUT2D eigenvalue weighted by atomic mass is 9.90. The zero-order valence-corrected chi connectivity index (χ0v) is 13.1. The summed E-state index contributed by atoms with van der Waals surface area (Å²) in [6, 6.07) is 4.13. The number of aliphatic carboxylic acids is 1. The van der Waals surface area contributed by atoms with Crippen molar-refractivity contribution in [3.63, 3.8) is 0 Å². The maximum absolute atomic E-state index is 13.5. The summed E-state index contributed by atoms with van der Waals surface area (Å²) in [5, 5.41) is 12.2. The van der Waals surface area contributed by atoms with E-state index in [-0.39, 0.29) is 10.0 Å². The van der Waals surface area contributed by atoms with E-state index in [9.17, 15) is 19.1 Å². The molecule has 1 saturated carbocycles. The van der Waals surface area contributed by atoms with Gasteiger partial charge in [0.2, 0.25) is 0 Å². The minimum atomic E-state index is -1.25. The van der Waals surface area contributed by atoms with Crippen molar-refractivity contribution in [3.8, 4) is 0 Å². The summed E-state index contributed by atoms with van der Waals surface area (Å²) in [5.74, 6) is -2.14. The second-order valence-electron chi connectivity index (χ2n) is 5.36. The van der Waals surface area contributed by atoms with Crippen LogP contribution in [0.15, 0.2) is 22.7 Å². The maximum atomic E-state index is 13.5. The highest BCUT2D eigenvalue weighted by Crippen LogP contribution is 2.29. The van der Waals surface area contributed by atoms with Crippen molar-refractivity contribution in [1.29, 1.82) is 0 Å². The number of benzene rings is 1. The van der Waals surface area contributed by atoms with Gasteiger partial charge in [0.1, 0.15) is 11.4 Å². The Kier molecular flexibility index (Phi) is 4.98. The van der Waals surface area contributed by atoms with E-state index in [0.717, 1.165) is 25.7 Å². The van der Waals surface area contributed by atoms with Crippen LogP contribution in [0.5, 0.6) is 0 Å². The molecule has 0 radical (unpaired) electrons. The van der Waals surface area contributed by atoms with Crippen LogP contribution in [0.25, 0.3) is 0 Å². The van der Waals surface area contributed by atoms with Gasteiger partial charge >= 0.3 is 5.97 Å². The highest BCUT2D eigenvalue weighted by Gasteiger charge is 2.40. The van der Waals surface area contributed by atoms with Gasteiger partial charge in [0, 0.05) is 0 Å². The predicted octanol–water partition coefficient (Wildman–Crippen LogP) is 3.50. The number of halogens is 2. The molecule has 0 bridgehead atoms. The fraction of sp³-hybridized carbons (Fsp3) is 0.467. The van der Waals surface area contributed by atoms with Crippen LogP contribution in [0.4, 0.5) is 4.39 Å². The van der Waals surface area contributed by atoms with Gasteiger partial charge in [0.15, 0.2) is 0 Å². The number of hydrogen-bond acceptors (Lipinski definition) is 2. The van der Waals surface area contributed by atoms with Crippen LogP contribution < -0.4 is 5.32 Å². The molecule has 1 fully saturated rings. The Hall–Kier alpha value is -1.43. The maximum Gasteiger partial charge on any atom is 0.329 e. The molecule has 1 aliphatic carbocycles. The van der Waals surface area contributed by atoms with Crippen molar-refractivity contribution >= 4 is 27.8 Å². The number of amides is 1. The van der Waals surface area contributed by atoms with Gasteiger partial charge in [-0.25, -0.2) is 9.18 Å². The van der Waals surface area contributed by atoms with Crippen molar-refractivity contribution in [3.05, 3.63) is 34.1 Å². The molecule has 2 rings (SSSR count). The third kappa shape index (κ3) is 3.43. The van der Waals surface area contributed by atoms with Crippen LogP contribution in [0.1, 0.15) is 48.9 Å². The van der Waals surface area contributed by atoms with E-state index in [0.29, 0.717) is 12.8 Å². The first kappa shape index (κ1) is 15.9. The van der Waals surface area contributed by atoms with Crippen molar-refractivity contribution in [2.45, 2.75) is 44.1 Å². The van der Waals surface area contributed by atoms with Gasteiger partial charge in [-0.15, -0.1) is 0 Å². The first-order valence-electron chi connectivity index (χ1n) is 6.96. The summed E-state index contributed by atoms with van der Waals surface area (Å²) in [4.78, 5) is 24.0. The van der Waals surface area contributed by atoms with E-state index in [1.165, 1.54) is 18.2 Å². The van der Waals surface area contributed by atoms with E-state index in [1.54, 1.807) is 0 Å².